The fourth-order valence-electron chi connectivity index (χ4n) is 0.745. The number of hydrogen-bond donors (Lipinski definition) is 0. The van der Waals surface area contributed by atoms with Gasteiger partial charge in [-0.15, -0.1) is 0 Å². The molecule has 0 heterocycles. The lowest BCUT2D eigenvalue weighted by Gasteiger charge is -2.10. The standard InChI is InChI=1S/C7H2Br2ClF3/c8-5-3(7(11,12)13)1-2-4(10)6(5)9/h1-2H. The highest BCUT2D eigenvalue weighted by Gasteiger charge is 2.33. The number of alkyl halides is 3. The molecule has 13 heavy (non-hydrogen) atoms. The van der Waals surface area contributed by atoms with Crippen molar-refractivity contribution in [1.29, 1.82) is 0 Å². The Morgan fingerprint density at radius 2 is 1.62 bits per heavy atom. The van der Waals surface area contributed by atoms with E-state index in [1.54, 1.807) is 0 Å². The third-order valence-corrected chi connectivity index (χ3v) is 4.06. The number of rotatable bonds is 0. The lowest BCUT2D eigenvalue weighted by atomic mass is 10.2. The molecule has 0 aliphatic heterocycles. The van der Waals surface area contributed by atoms with Gasteiger partial charge in [0.1, 0.15) is 0 Å². The molecule has 0 aliphatic carbocycles. The zero-order chi connectivity index (χ0) is 10.2. The third kappa shape index (κ3) is 2.39. The average Bonchev–Trinajstić information content (AvgIpc) is 1.98. The van der Waals surface area contributed by atoms with Gasteiger partial charge in [0.15, 0.2) is 0 Å². The second-order valence-corrected chi connectivity index (χ2v) is 4.21. The van der Waals surface area contributed by atoms with Crippen molar-refractivity contribution in [2.24, 2.45) is 0 Å². The summed E-state index contributed by atoms with van der Waals surface area (Å²) in [6.45, 7) is 0. The fourth-order valence-corrected chi connectivity index (χ4v) is 1.93. The van der Waals surface area contributed by atoms with Gasteiger partial charge in [0.05, 0.1) is 15.1 Å². The Balaban J connectivity index is 3.35. The van der Waals surface area contributed by atoms with Gasteiger partial charge < -0.3 is 0 Å². The summed E-state index contributed by atoms with van der Waals surface area (Å²) in [5.41, 5.74) is -0.747. The van der Waals surface area contributed by atoms with E-state index in [9.17, 15) is 13.2 Å². The minimum Gasteiger partial charge on any atom is -0.166 e. The van der Waals surface area contributed by atoms with Gasteiger partial charge in [-0.3, -0.25) is 0 Å². The topological polar surface area (TPSA) is 0 Å². The second-order valence-electron chi connectivity index (χ2n) is 2.22. The normalized spacial score (nSPS) is 11.8. The zero-order valence-corrected chi connectivity index (χ0v) is 9.85. The van der Waals surface area contributed by atoms with Crippen LogP contribution in [0.2, 0.25) is 5.02 Å². The predicted molar refractivity (Wildman–Crippen MR) is 51.9 cm³/mol. The smallest absolute Gasteiger partial charge is 0.166 e. The first-order chi connectivity index (χ1) is 5.84. The van der Waals surface area contributed by atoms with E-state index in [0.29, 0.717) is 0 Å². The molecule has 0 saturated carbocycles. The van der Waals surface area contributed by atoms with E-state index in [-0.39, 0.29) is 14.0 Å². The number of halogens is 6. The molecule has 0 spiro atoms. The Labute approximate surface area is 94.3 Å². The van der Waals surface area contributed by atoms with Crippen LogP contribution in [-0.4, -0.2) is 0 Å². The second kappa shape index (κ2) is 3.79. The van der Waals surface area contributed by atoms with E-state index in [1.165, 1.54) is 6.07 Å². The maximum absolute atomic E-state index is 12.3. The molecule has 0 atom stereocenters. The van der Waals surface area contributed by atoms with E-state index in [4.69, 9.17) is 11.6 Å². The first-order valence-corrected chi connectivity index (χ1v) is 5.01. The van der Waals surface area contributed by atoms with Crippen LogP contribution in [0.3, 0.4) is 0 Å². The zero-order valence-electron chi connectivity index (χ0n) is 5.92. The molecule has 0 unspecified atom stereocenters. The molecular formula is C7H2Br2ClF3. The number of benzene rings is 1. The van der Waals surface area contributed by atoms with Crippen LogP contribution >= 0.6 is 43.5 Å². The van der Waals surface area contributed by atoms with E-state index in [1.807, 2.05) is 0 Å². The van der Waals surface area contributed by atoms with Crippen molar-refractivity contribution in [3.8, 4) is 0 Å². The molecule has 0 aromatic heterocycles. The SMILES string of the molecule is FC(F)(F)c1ccc(Cl)c(Br)c1Br. The van der Waals surface area contributed by atoms with Gasteiger partial charge in [-0.2, -0.15) is 13.2 Å². The average molecular weight is 338 g/mol. The molecule has 72 valence electrons. The Morgan fingerprint density at radius 3 is 2.08 bits per heavy atom. The largest absolute Gasteiger partial charge is 0.417 e. The predicted octanol–water partition coefficient (Wildman–Crippen LogP) is 4.88. The number of hydrogen-bond acceptors (Lipinski definition) is 0. The highest BCUT2D eigenvalue weighted by molar-refractivity contribution is 9.13. The summed E-state index contributed by atoms with van der Waals surface area (Å²) in [7, 11) is 0. The molecule has 1 aromatic carbocycles. The van der Waals surface area contributed by atoms with Crippen LogP contribution in [0, 0.1) is 0 Å². The van der Waals surface area contributed by atoms with Crippen LogP contribution in [0.25, 0.3) is 0 Å². The van der Waals surface area contributed by atoms with E-state index in [0.717, 1.165) is 6.07 Å². The van der Waals surface area contributed by atoms with Gasteiger partial charge in [-0.25, -0.2) is 0 Å². The maximum Gasteiger partial charge on any atom is 0.417 e. The quantitative estimate of drug-likeness (QED) is 0.591. The minimum atomic E-state index is -4.37. The first-order valence-electron chi connectivity index (χ1n) is 3.04. The summed E-state index contributed by atoms with van der Waals surface area (Å²) in [4.78, 5) is 0. The molecule has 6 heteroatoms. The third-order valence-electron chi connectivity index (χ3n) is 1.34. The summed E-state index contributed by atoms with van der Waals surface area (Å²) in [6, 6.07) is 2.12. The molecule has 0 nitrogen and oxygen atoms in total. The van der Waals surface area contributed by atoms with Gasteiger partial charge in [0.2, 0.25) is 0 Å². The van der Waals surface area contributed by atoms with E-state index < -0.39 is 11.7 Å². The molecule has 1 rings (SSSR count). The molecular weight excluding hydrogens is 336 g/mol. The summed E-state index contributed by atoms with van der Waals surface area (Å²) in [5.74, 6) is 0. The van der Waals surface area contributed by atoms with Crippen LogP contribution in [0.1, 0.15) is 5.56 Å². The summed E-state index contributed by atoms with van der Waals surface area (Å²) in [6.07, 6.45) is -4.37. The summed E-state index contributed by atoms with van der Waals surface area (Å²) >= 11 is 11.4. The van der Waals surface area contributed by atoms with Crippen molar-refractivity contribution < 1.29 is 13.2 Å². The van der Waals surface area contributed by atoms with Gasteiger partial charge >= 0.3 is 6.18 Å². The maximum atomic E-state index is 12.3. The van der Waals surface area contributed by atoms with Crippen LogP contribution < -0.4 is 0 Å². The minimum absolute atomic E-state index is 0.0764. The molecule has 0 saturated heterocycles. The summed E-state index contributed by atoms with van der Waals surface area (Å²) < 4.78 is 36.9. The van der Waals surface area contributed by atoms with Gasteiger partial charge in [-0.05, 0) is 44.0 Å². The van der Waals surface area contributed by atoms with Crippen molar-refractivity contribution in [2.45, 2.75) is 6.18 Å². The van der Waals surface area contributed by atoms with Crippen LogP contribution in [0.4, 0.5) is 13.2 Å². The van der Waals surface area contributed by atoms with Crippen molar-refractivity contribution in [3.05, 3.63) is 31.7 Å². The van der Waals surface area contributed by atoms with Crippen molar-refractivity contribution in [1.82, 2.24) is 0 Å². The Kier molecular flexibility index (Phi) is 3.30. The lowest BCUT2D eigenvalue weighted by Crippen LogP contribution is -2.06. The first kappa shape index (κ1) is 11.3. The highest BCUT2D eigenvalue weighted by Crippen LogP contribution is 2.41. The molecule has 0 aliphatic rings. The van der Waals surface area contributed by atoms with Crippen LogP contribution in [0.5, 0.6) is 0 Å². The van der Waals surface area contributed by atoms with Gasteiger partial charge in [0, 0.05) is 4.47 Å². The Morgan fingerprint density at radius 1 is 1.08 bits per heavy atom. The molecule has 0 radical (unpaired) electrons. The molecule has 0 fully saturated rings. The van der Waals surface area contributed by atoms with E-state index in [2.05, 4.69) is 31.9 Å². The monoisotopic (exact) mass is 336 g/mol. The van der Waals surface area contributed by atoms with Crippen LogP contribution in [-0.2, 0) is 6.18 Å². The Hall–Kier alpha value is 0.260. The molecule has 0 N–H and O–H groups in total. The van der Waals surface area contributed by atoms with Crippen molar-refractivity contribution in [2.75, 3.05) is 0 Å². The van der Waals surface area contributed by atoms with Crippen LogP contribution in [0.15, 0.2) is 21.1 Å². The van der Waals surface area contributed by atoms with E-state index >= 15 is 0 Å². The molecule has 1 aromatic rings. The van der Waals surface area contributed by atoms with Gasteiger partial charge in [-0.1, -0.05) is 11.6 Å². The lowest BCUT2D eigenvalue weighted by molar-refractivity contribution is -0.138. The fraction of sp³-hybridized carbons (Fsp3) is 0.143. The van der Waals surface area contributed by atoms with Crippen molar-refractivity contribution in [3.63, 3.8) is 0 Å². The molecule has 0 bridgehead atoms. The van der Waals surface area contributed by atoms with Crippen molar-refractivity contribution >= 4 is 43.5 Å². The summed E-state index contributed by atoms with van der Waals surface area (Å²) in [5, 5.41) is 0.236. The highest BCUT2D eigenvalue weighted by atomic mass is 79.9. The van der Waals surface area contributed by atoms with Gasteiger partial charge in [0.25, 0.3) is 0 Å². The Bertz CT molecular complexity index is 335. The molecule has 0 amide bonds.